The van der Waals surface area contributed by atoms with Gasteiger partial charge in [-0.05, 0) is 121 Å². The second-order valence-electron chi connectivity index (χ2n) is 26.0. The van der Waals surface area contributed by atoms with Gasteiger partial charge in [-0.25, -0.2) is 4.79 Å². The van der Waals surface area contributed by atoms with Gasteiger partial charge in [0.25, 0.3) is 5.91 Å². The molecule has 4 aromatic carbocycles. The highest BCUT2D eigenvalue weighted by Crippen LogP contribution is 2.25. The van der Waals surface area contributed by atoms with Crippen LogP contribution in [0.3, 0.4) is 0 Å². The van der Waals surface area contributed by atoms with Crippen molar-refractivity contribution in [2.45, 2.75) is 166 Å². The van der Waals surface area contributed by atoms with E-state index in [1.165, 1.54) is 50.5 Å². The molecule has 33 nitrogen and oxygen atoms in total. The minimum Gasteiger partial charge on any atom is -0.508 e. The Kier molecular flexibility index (Phi) is 32.4. The summed E-state index contributed by atoms with van der Waals surface area (Å²) in [5.41, 5.74) is 18.4. The van der Waals surface area contributed by atoms with Crippen molar-refractivity contribution in [3.63, 3.8) is 0 Å². The third-order valence-corrected chi connectivity index (χ3v) is 17.4. The number of halogens is 1. The van der Waals surface area contributed by atoms with Gasteiger partial charge in [0.05, 0.1) is 6.61 Å². The Bertz CT molecular complexity index is 3920. The zero-order valence-corrected chi connectivity index (χ0v) is 60.2. The molecule has 0 spiro atoms. The number of phenolic OH excluding ortho intramolecular Hbond substituents is 1. The van der Waals surface area contributed by atoms with E-state index in [0.717, 1.165) is 28.2 Å². The zero-order valence-electron chi connectivity index (χ0n) is 59.5. The topological polar surface area (TPSA) is 513 Å². The molecule has 19 N–H and O–H groups in total. The summed E-state index contributed by atoms with van der Waals surface area (Å²) in [6.45, 7) is 5.75. The van der Waals surface area contributed by atoms with Crippen LogP contribution in [-0.2, 0) is 88.1 Å². The van der Waals surface area contributed by atoms with Gasteiger partial charge in [-0.2, -0.15) is 5.06 Å². The van der Waals surface area contributed by atoms with Crippen molar-refractivity contribution in [2.75, 3.05) is 26.2 Å². The predicted molar refractivity (Wildman–Crippen MR) is 388 cm³/mol. The van der Waals surface area contributed by atoms with Crippen LogP contribution >= 0.6 is 11.6 Å². The van der Waals surface area contributed by atoms with E-state index in [-0.39, 0.29) is 108 Å². The molecule has 0 aliphatic carbocycles. The number of hydrogen-bond donors (Lipinski definition) is 16. The summed E-state index contributed by atoms with van der Waals surface area (Å²) >= 11 is 6.23. The van der Waals surface area contributed by atoms with Gasteiger partial charge in [0.2, 0.25) is 59.1 Å². The van der Waals surface area contributed by atoms with Gasteiger partial charge in [-0.1, -0.05) is 98.2 Å². The number of benzene rings is 4. The zero-order chi connectivity index (χ0) is 77.7. The highest BCUT2D eigenvalue weighted by molar-refractivity contribution is 6.30. The van der Waals surface area contributed by atoms with Crippen LogP contribution in [0, 0.1) is 11.3 Å². The second-order valence-corrected chi connectivity index (χ2v) is 26.5. The van der Waals surface area contributed by atoms with E-state index in [1.807, 2.05) is 42.5 Å². The van der Waals surface area contributed by atoms with Crippen molar-refractivity contribution in [2.24, 2.45) is 23.1 Å². The number of carbonyl (C=O) groups excluding carboxylic acids is 13. The molecule has 2 heterocycles. The van der Waals surface area contributed by atoms with E-state index in [2.05, 4.69) is 58.2 Å². The van der Waals surface area contributed by atoms with Crippen molar-refractivity contribution in [1.82, 2.24) is 68.1 Å². The number of aromatic hydroxyl groups is 1. The summed E-state index contributed by atoms with van der Waals surface area (Å²) in [4.78, 5) is 191. The van der Waals surface area contributed by atoms with Crippen LogP contribution < -0.4 is 70.4 Å². The number of aliphatic hydroxyl groups is 1. The van der Waals surface area contributed by atoms with Gasteiger partial charge >= 0.3 is 12.0 Å². The Labute approximate surface area is 617 Å². The molecule has 6 rings (SSSR count). The van der Waals surface area contributed by atoms with E-state index in [4.69, 9.17) is 39.0 Å². The SMILES string of the molecule is CC(=O)N[C@H](Cc1cccc2ccccc12)C(=O)N[C@@H](Cc1ccc(Cl)cc1)C(=O)N[C@H](Cc1cccnc1)C(=O)N[C@@H](CO)C(=O)N[C@@H](Cc1ccc(O)cc1)C(=O)N[C@H](CCCNC(N)=O)C(=O)N[C@H](CC(C)C)C(=O)N[C@H](CCCNC(=N)N)C(=O)N1CCC[C@@H]1C(=O)N(OC(C)=O)[C@H](C)C(N)=O. The molecule has 1 aliphatic rings. The molecule has 13 amide bonds. The van der Waals surface area contributed by atoms with Gasteiger partial charge in [0, 0.05) is 76.6 Å². The lowest BCUT2D eigenvalue weighted by atomic mass is 9.97. The maximum Gasteiger partial charge on any atom is 0.329 e. The number of phenols is 1. The van der Waals surface area contributed by atoms with Crippen LogP contribution in [-0.4, -0.2) is 195 Å². The van der Waals surface area contributed by atoms with Crippen molar-refractivity contribution in [3.05, 3.63) is 143 Å². The predicted octanol–water partition coefficient (Wildman–Crippen LogP) is -0.316. The number of carbonyl (C=O) groups is 13. The van der Waals surface area contributed by atoms with E-state index in [9.17, 15) is 72.5 Å². The number of guanidine groups is 1. The number of urea groups is 1. The first kappa shape index (κ1) is 83.5. The minimum absolute atomic E-state index is 0.0131. The lowest BCUT2D eigenvalue weighted by molar-refractivity contribution is -0.207. The van der Waals surface area contributed by atoms with Crippen molar-refractivity contribution < 1.29 is 77.4 Å². The highest BCUT2D eigenvalue weighted by Gasteiger charge is 2.44. The van der Waals surface area contributed by atoms with Crippen molar-refractivity contribution >= 4 is 105 Å². The van der Waals surface area contributed by atoms with Crippen LogP contribution in [0.4, 0.5) is 4.79 Å². The highest BCUT2D eigenvalue weighted by atomic mass is 35.5. The van der Waals surface area contributed by atoms with E-state index < -0.39 is 144 Å². The number of fused-ring (bicyclic) bond motifs is 1. The third-order valence-electron chi connectivity index (χ3n) is 17.2. The van der Waals surface area contributed by atoms with Crippen LogP contribution in [0.5, 0.6) is 5.75 Å². The molecule has 1 fully saturated rings. The van der Waals surface area contributed by atoms with Crippen LogP contribution in [0.15, 0.2) is 116 Å². The Morgan fingerprint density at radius 1 is 0.594 bits per heavy atom. The Morgan fingerprint density at radius 3 is 1.64 bits per heavy atom. The molecule has 5 aromatic rings. The Hall–Kier alpha value is -11.5. The third kappa shape index (κ3) is 26.3. The number of aliphatic hydroxyl groups excluding tert-OH is 1. The Morgan fingerprint density at radius 2 is 1.09 bits per heavy atom. The van der Waals surface area contributed by atoms with Gasteiger partial charge < -0.3 is 90.3 Å². The number of pyridine rings is 1. The smallest absolute Gasteiger partial charge is 0.329 e. The molecule has 0 bridgehead atoms. The molecular weight excluding hydrogens is 1390 g/mol. The first-order chi connectivity index (χ1) is 50.4. The molecule has 106 heavy (non-hydrogen) atoms. The number of rotatable bonds is 38. The summed E-state index contributed by atoms with van der Waals surface area (Å²) in [7, 11) is 0. The number of likely N-dealkylation sites (tertiary alicyclic amines) is 1. The fourth-order valence-electron chi connectivity index (χ4n) is 11.8. The number of primary amides is 2. The van der Waals surface area contributed by atoms with Gasteiger partial charge in [-0.15, -0.1) is 0 Å². The normalized spacial score (nSPS) is 15.0. The fraction of sp³-hybridized carbons (Fsp3) is 0.431. The van der Waals surface area contributed by atoms with E-state index >= 15 is 0 Å². The van der Waals surface area contributed by atoms with E-state index in [1.54, 1.807) is 50.2 Å². The second kappa shape index (κ2) is 41.1. The Balaban J connectivity index is 1.27. The number of nitrogens with two attached hydrogens (primary N) is 3. The van der Waals surface area contributed by atoms with Crippen LogP contribution in [0.2, 0.25) is 5.02 Å². The number of nitrogens with zero attached hydrogens (tertiary/aromatic N) is 3. The summed E-state index contributed by atoms with van der Waals surface area (Å²) in [5, 5.41) is 57.6. The minimum atomic E-state index is -1.87. The summed E-state index contributed by atoms with van der Waals surface area (Å²) in [5.74, 6) is -11.8. The number of nitrogens with one attached hydrogen (secondary N) is 11. The molecule has 1 aromatic heterocycles. The lowest BCUT2D eigenvalue weighted by Gasteiger charge is -2.33. The van der Waals surface area contributed by atoms with Crippen LogP contribution in [0.1, 0.15) is 102 Å². The van der Waals surface area contributed by atoms with Gasteiger partial charge in [-0.3, -0.25) is 67.9 Å². The standard InChI is InChI=1S/C72H94ClN17O16/c1-40(2)33-54(63(97)83-53(19-11-30-79-71(75)76)69(103)89-32-12-20-60(89)70(104)90(106-43(5)93)41(3)61(74)95)84-62(96)52(18-10-31-80-72(77)105)82-64(98)55(35-45-23-27-50(94)28-24-45)87-68(102)59(39-91)88-66(100)57(36-46-13-9-29-78-38-46)86-65(99)56(34-44-21-25-49(73)26-22-44)85-67(101)58(81-42(4)92)37-48-16-8-15-47-14-6-7-17-51(47)48/h6-9,13-17,21-29,38,40-41,52-60,91,94H,10-12,18-20,30-37,39H2,1-5H3,(H2,74,95)(H,81,92)(H,82,98)(H,83,97)(H,84,96)(H,85,101)(H,86,99)(H,87,102)(H,88,100)(H4,75,76,79)(H3,77,80,105)/t41-,52-,53-,54-,55+,56+,57-,58-,59+,60-/m1/s1. The number of amides is 13. The largest absolute Gasteiger partial charge is 0.508 e. The lowest BCUT2D eigenvalue weighted by Crippen LogP contribution is -2.61. The molecule has 570 valence electrons. The fourth-order valence-corrected chi connectivity index (χ4v) is 12.0. The molecule has 10 atom stereocenters. The number of aromatic nitrogens is 1. The quantitative estimate of drug-likeness (QED) is 0.0104. The molecule has 1 saturated heterocycles. The number of hydrogen-bond acceptors (Lipinski definition) is 18. The molecule has 34 heteroatoms. The molecule has 1 aliphatic heterocycles. The summed E-state index contributed by atoms with van der Waals surface area (Å²) < 4.78 is 0. The molecule has 0 saturated carbocycles. The van der Waals surface area contributed by atoms with Crippen LogP contribution in [0.25, 0.3) is 10.8 Å². The first-order valence-electron chi connectivity index (χ1n) is 34.5. The molecular formula is C72H94ClN17O16. The molecule has 0 radical (unpaired) electrons. The van der Waals surface area contributed by atoms with Gasteiger partial charge in [0.15, 0.2) is 5.96 Å². The van der Waals surface area contributed by atoms with Crippen molar-refractivity contribution in [3.8, 4) is 5.75 Å². The van der Waals surface area contributed by atoms with Gasteiger partial charge in [0.1, 0.15) is 66.2 Å². The first-order valence-corrected chi connectivity index (χ1v) is 34.9. The van der Waals surface area contributed by atoms with E-state index in [0.29, 0.717) is 26.8 Å². The average Bonchev–Trinajstić information content (AvgIpc) is 1.48. The average molecular weight is 1490 g/mol. The maximum absolute atomic E-state index is 14.9. The monoisotopic (exact) mass is 1490 g/mol. The maximum atomic E-state index is 14.9. The van der Waals surface area contributed by atoms with Crippen molar-refractivity contribution in [1.29, 1.82) is 5.41 Å². The summed E-state index contributed by atoms with van der Waals surface area (Å²) in [6.07, 6.45) is 2.07. The number of hydroxylamine groups is 2. The summed E-state index contributed by atoms with van der Waals surface area (Å²) in [6, 6.07) is 12.2. The molecule has 0 unspecified atom stereocenters.